The lowest BCUT2D eigenvalue weighted by molar-refractivity contribution is 0.0875. The molecule has 110 valence electrons. The molecule has 2 aliphatic rings. The number of imidazole rings is 1. The van der Waals surface area contributed by atoms with Gasteiger partial charge in [0.15, 0.2) is 5.65 Å². The number of rotatable bonds is 3. The molecule has 2 aromatic heterocycles. The normalized spacial score (nSPS) is 30.4. The molecule has 0 bridgehead atoms. The number of aryl methyl sites for hydroxylation is 1. The lowest BCUT2D eigenvalue weighted by atomic mass is 9.76. The van der Waals surface area contributed by atoms with Gasteiger partial charge in [-0.15, -0.1) is 0 Å². The Labute approximate surface area is 122 Å². The van der Waals surface area contributed by atoms with Gasteiger partial charge < -0.3 is 16.0 Å². The number of pyridine rings is 1. The number of aromatic nitrogens is 3. The van der Waals surface area contributed by atoms with Crippen molar-refractivity contribution in [2.45, 2.75) is 44.7 Å². The van der Waals surface area contributed by atoms with E-state index in [0.717, 1.165) is 37.0 Å². The van der Waals surface area contributed by atoms with Crippen molar-refractivity contribution in [3.05, 3.63) is 23.7 Å². The zero-order valence-corrected chi connectivity index (χ0v) is 12.0. The van der Waals surface area contributed by atoms with Crippen molar-refractivity contribution in [3.63, 3.8) is 0 Å². The molecule has 4 N–H and O–H groups in total. The van der Waals surface area contributed by atoms with Crippen LogP contribution in [0.15, 0.2) is 12.3 Å². The van der Waals surface area contributed by atoms with Crippen LogP contribution in [0.5, 0.6) is 0 Å². The molecule has 0 radical (unpaired) electrons. The summed E-state index contributed by atoms with van der Waals surface area (Å²) in [5, 5.41) is 3.10. The van der Waals surface area contributed by atoms with E-state index in [4.69, 9.17) is 5.73 Å². The number of fused-ring (bicyclic) bond motifs is 1. The maximum Gasteiger partial charge on any atom is 0.253 e. The van der Waals surface area contributed by atoms with E-state index in [1.54, 1.807) is 12.3 Å². The van der Waals surface area contributed by atoms with E-state index in [1.807, 2.05) is 6.92 Å². The summed E-state index contributed by atoms with van der Waals surface area (Å²) in [6, 6.07) is 2.34. The first-order valence-corrected chi connectivity index (χ1v) is 7.51. The standard InChI is InChI=1S/C15H19N5O/c1-2-11-19-12-9(3-4-17-13(12)20-11)14(21)18-8-5-15(6-8)7-10(15)16/h3-4,8,10H,2,5-7,16H2,1H3,(H,18,21)(H,17,19,20). The van der Waals surface area contributed by atoms with E-state index in [1.165, 1.54) is 0 Å². The first-order chi connectivity index (χ1) is 10.1. The molecule has 2 fully saturated rings. The van der Waals surface area contributed by atoms with Crippen molar-refractivity contribution in [1.82, 2.24) is 20.3 Å². The topological polar surface area (TPSA) is 96.7 Å². The minimum atomic E-state index is -0.0530. The van der Waals surface area contributed by atoms with Crippen molar-refractivity contribution in [3.8, 4) is 0 Å². The number of nitrogens with zero attached hydrogens (tertiary/aromatic N) is 2. The molecule has 21 heavy (non-hydrogen) atoms. The molecule has 0 aromatic carbocycles. The smallest absolute Gasteiger partial charge is 0.253 e. The van der Waals surface area contributed by atoms with E-state index in [-0.39, 0.29) is 11.9 Å². The van der Waals surface area contributed by atoms with Gasteiger partial charge in [0.05, 0.1) is 11.1 Å². The Hall–Kier alpha value is -1.95. The van der Waals surface area contributed by atoms with Gasteiger partial charge in [-0.1, -0.05) is 6.92 Å². The minimum Gasteiger partial charge on any atom is -0.349 e. The zero-order chi connectivity index (χ0) is 14.6. The minimum absolute atomic E-state index is 0.0530. The van der Waals surface area contributed by atoms with Crippen molar-refractivity contribution >= 4 is 17.1 Å². The number of hydrogen-bond donors (Lipinski definition) is 3. The Balaban J connectivity index is 1.53. The van der Waals surface area contributed by atoms with Crippen molar-refractivity contribution < 1.29 is 4.79 Å². The predicted molar refractivity (Wildman–Crippen MR) is 78.8 cm³/mol. The molecule has 0 saturated heterocycles. The highest BCUT2D eigenvalue weighted by atomic mass is 16.1. The van der Waals surface area contributed by atoms with Gasteiger partial charge in [-0.3, -0.25) is 4.79 Å². The maximum atomic E-state index is 12.5. The number of aromatic amines is 1. The Morgan fingerprint density at radius 1 is 1.52 bits per heavy atom. The summed E-state index contributed by atoms with van der Waals surface area (Å²) >= 11 is 0. The highest BCUT2D eigenvalue weighted by molar-refractivity contribution is 6.04. The van der Waals surface area contributed by atoms with Crippen molar-refractivity contribution in [1.29, 1.82) is 0 Å². The van der Waals surface area contributed by atoms with E-state index in [0.29, 0.717) is 22.7 Å². The first-order valence-electron chi connectivity index (χ1n) is 7.51. The van der Waals surface area contributed by atoms with Gasteiger partial charge in [-0.2, -0.15) is 0 Å². The molecule has 2 heterocycles. The fraction of sp³-hybridized carbons (Fsp3) is 0.533. The summed E-state index contributed by atoms with van der Waals surface area (Å²) < 4.78 is 0. The molecular formula is C15H19N5O. The summed E-state index contributed by atoms with van der Waals surface area (Å²) in [6.45, 7) is 2.02. The zero-order valence-electron chi connectivity index (χ0n) is 12.0. The largest absolute Gasteiger partial charge is 0.349 e. The second kappa shape index (κ2) is 4.27. The number of nitrogens with one attached hydrogen (secondary N) is 2. The highest BCUT2D eigenvalue weighted by Crippen LogP contribution is 2.59. The molecule has 1 atom stereocenters. The van der Waals surface area contributed by atoms with Gasteiger partial charge in [-0.25, -0.2) is 9.97 Å². The Morgan fingerprint density at radius 2 is 2.29 bits per heavy atom. The van der Waals surface area contributed by atoms with E-state index in [9.17, 15) is 4.79 Å². The number of hydrogen-bond acceptors (Lipinski definition) is 4. The average Bonchev–Trinajstić information content (AvgIpc) is 2.94. The van der Waals surface area contributed by atoms with E-state index < -0.39 is 0 Å². The molecule has 6 heteroatoms. The van der Waals surface area contributed by atoms with Crippen LogP contribution in [0.1, 0.15) is 42.4 Å². The molecule has 4 rings (SSSR count). The summed E-state index contributed by atoms with van der Waals surface area (Å²) in [7, 11) is 0. The molecule has 1 amide bonds. The molecule has 2 aromatic rings. The Bertz CT molecular complexity index is 716. The molecule has 0 aliphatic heterocycles. The van der Waals surface area contributed by atoms with Gasteiger partial charge in [0.2, 0.25) is 0 Å². The number of nitrogens with two attached hydrogens (primary N) is 1. The number of amides is 1. The quantitative estimate of drug-likeness (QED) is 0.787. The Morgan fingerprint density at radius 3 is 2.95 bits per heavy atom. The van der Waals surface area contributed by atoms with Crippen LogP contribution in [-0.4, -0.2) is 32.9 Å². The highest BCUT2D eigenvalue weighted by Gasteiger charge is 2.60. The number of carbonyl (C=O) groups excluding carboxylic acids is 1. The number of H-pyrrole nitrogens is 1. The van der Waals surface area contributed by atoms with Crippen LogP contribution >= 0.6 is 0 Å². The van der Waals surface area contributed by atoms with Crippen LogP contribution in [0.4, 0.5) is 0 Å². The molecular weight excluding hydrogens is 266 g/mol. The second-order valence-electron chi connectivity index (χ2n) is 6.35. The number of carbonyl (C=O) groups is 1. The molecule has 1 unspecified atom stereocenters. The van der Waals surface area contributed by atoms with E-state index in [2.05, 4.69) is 20.3 Å². The Kier molecular flexibility index (Phi) is 2.60. The molecule has 6 nitrogen and oxygen atoms in total. The van der Waals surface area contributed by atoms with Crippen LogP contribution in [0.3, 0.4) is 0 Å². The van der Waals surface area contributed by atoms with Crippen LogP contribution in [0, 0.1) is 5.41 Å². The third kappa shape index (κ3) is 1.93. The predicted octanol–water partition coefficient (Wildman–Crippen LogP) is 1.13. The van der Waals surface area contributed by atoms with E-state index >= 15 is 0 Å². The first kappa shape index (κ1) is 12.8. The third-order valence-corrected chi connectivity index (χ3v) is 4.91. The van der Waals surface area contributed by atoms with Gasteiger partial charge in [0.1, 0.15) is 5.82 Å². The van der Waals surface area contributed by atoms with Gasteiger partial charge in [0, 0.05) is 24.7 Å². The van der Waals surface area contributed by atoms with Gasteiger partial charge in [-0.05, 0) is 30.7 Å². The maximum absolute atomic E-state index is 12.5. The summed E-state index contributed by atoms with van der Waals surface area (Å²) in [5.41, 5.74) is 8.22. The lowest BCUT2D eigenvalue weighted by Crippen LogP contribution is -2.47. The van der Waals surface area contributed by atoms with Crippen LogP contribution < -0.4 is 11.1 Å². The summed E-state index contributed by atoms with van der Waals surface area (Å²) in [5.74, 6) is 0.798. The average molecular weight is 285 g/mol. The fourth-order valence-electron chi connectivity index (χ4n) is 3.45. The van der Waals surface area contributed by atoms with Gasteiger partial charge >= 0.3 is 0 Å². The van der Waals surface area contributed by atoms with Crippen molar-refractivity contribution in [2.24, 2.45) is 11.1 Å². The summed E-state index contributed by atoms with van der Waals surface area (Å²) in [4.78, 5) is 24.2. The van der Waals surface area contributed by atoms with Crippen LogP contribution in [-0.2, 0) is 6.42 Å². The van der Waals surface area contributed by atoms with Crippen LogP contribution in [0.25, 0.3) is 11.2 Å². The SMILES string of the molecule is CCc1nc2nccc(C(=O)NC3CC4(C3)CC4N)c2[nH]1. The van der Waals surface area contributed by atoms with Gasteiger partial charge in [0.25, 0.3) is 5.91 Å². The monoisotopic (exact) mass is 285 g/mol. The lowest BCUT2D eigenvalue weighted by Gasteiger charge is -2.37. The fourth-order valence-corrected chi connectivity index (χ4v) is 3.45. The second-order valence-corrected chi connectivity index (χ2v) is 6.35. The summed E-state index contributed by atoms with van der Waals surface area (Å²) in [6.07, 6.45) is 5.56. The molecule has 1 spiro atoms. The molecule has 2 saturated carbocycles. The molecule has 2 aliphatic carbocycles. The van der Waals surface area contributed by atoms with Crippen LogP contribution in [0.2, 0.25) is 0 Å². The third-order valence-electron chi connectivity index (χ3n) is 4.91. The van der Waals surface area contributed by atoms with Crippen molar-refractivity contribution in [2.75, 3.05) is 0 Å².